The second-order valence-electron chi connectivity index (χ2n) is 5.39. The highest BCUT2D eigenvalue weighted by Gasteiger charge is 2.41. The van der Waals surface area contributed by atoms with E-state index in [0.717, 1.165) is 18.4 Å². The molecule has 1 aromatic heterocycles. The van der Waals surface area contributed by atoms with Crippen LogP contribution in [-0.2, 0) is 9.59 Å². The van der Waals surface area contributed by atoms with Gasteiger partial charge in [0.1, 0.15) is 5.82 Å². The predicted molar refractivity (Wildman–Crippen MR) is 70.4 cm³/mol. The standard InChI is InChI=1S/C14H17N3O2/c1-9-4-5-15-12(6-9)16-14(19)10-7-13(18)17(8-10)11-2-3-11/h4-6,10-11H,2-3,7-8H2,1H3,(H,15,16,19). The molecule has 0 radical (unpaired) electrons. The lowest BCUT2D eigenvalue weighted by atomic mass is 10.1. The van der Waals surface area contributed by atoms with Gasteiger partial charge < -0.3 is 10.2 Å². The lowest BCUT2D eigenvalue weighted by Gasteiger charge is -2.15. The molecule has 0 spiro atoms. The topological polar surface area (TPSA) is 62.3 Å². The third kappa shape index (κ3) is 2.59. The molecule has 2 heterocycles. The van der Waals surface area contributed by atoms with Crippen LogP contribution in [0.5, 0.6) is 0 Å². The lowest BCUT2D eigenvalue weighted by molar-refractivity contribution is -0.128. The molecule has 1 saturated carbocycles. The van der Waals surface area contributed by atoms with E-state index in [2.05, 4.69) is 10.3 Å². The third-order valence-electron chi connectivity index (χ3n) is 3.68. The molecule has 1 unspecified atom stereocenters. The van der Waals surface area contributed by atoms with Crippen molar-refractivity contribution in [2.24, 2.45) is 5.92 Å². The number of carbonyl (C=O) groups excluding carboxylic acids is 2. The van der Waals surface area contributed by atoms with E-state index in [-0.39, 0.29) is 17.7 Å². The number of anilines is 1. The molecule has 0 aromatic carbocycles. The van der Waals surface area contributed by atoms with Crippen molar-refractivity contribution in [3.8, 4) is 0 Å². The second kappa shape index (κ2) is 4.64. The van der Waals surface area contributed by atoms with Gasteiger partial charge >= 0.3 is 0 Å². The summed E-state index contributed by atoms with van der Waals surface area (Å²) in [5.41, 5.74) is 1.05. The molecule has 1 aliphatic carbocycles. The molecule has 1 atom stereocenters. The van der Waals surface area contributed by atoms with Gasteiger partial charge in [-0.15, -0.1) is 0 Å². The number of aryl methyl sites for hydroxylation is 1. The van der Waals surface area contributed by atoms with E-state index < -0.39 is 0 Å². The van der Waals surface area contributed by atoms with Gasteiger partial charge in [-0.05, 0) is 37.5 Å². The fourth-order valence-electron chi connectivity index (χ4n) is 2.48. The molecular weight excluding hydrogens is 242 g/mol. The first-order valence-electron chi connectivity index (χ1n) is 6.66. The monoisotopic (exact) mass is 259 g/mol. The minimum absolute atomic E-state index is 0.102. The number of amides is 2. The van der Waals surface area contributed by atoms with E-state index in [1.165, 1.54) is 0 Å². The van der Waals surface area contributed by atoms with Crippen LogP contribution in [0.25, 0.3) is 0 Å². The highest BCUT2D eigenvalue weighted by atomic mass is 16.2. The molecule has 1 aliphatic heterocycles. The number of hydrogen-bond donors (Lipinski definition) is 1. The Balaban J connectivity index is 1.63. The first kappa shape index (κ1) is 12.1. The molecule has 3 rings (SSSR count). The van der Waals surface area contributed by atoms with E-state index in [1.807, 2.05) is 24.0 Å². The van der Waals surface area contributed by atoms with Crippen molar-refractivity contribution < 1.29 is 9.59 Å². The normalized spacial score (nSPS) is 22.7. The van der Waals surface area contributed by atoms with Crippen molar-refractivity contribution >= 4 is 17.6 Å². The first-order chi connectivity index (χ1) is 9.13. The van der Waals surface area contributed by atoms with Crippen molar-refractivity contribution in [1.29, 1.82) is 0 Å². The van der Waals surface area contributed by atoms with Crippen molar-refractivity contribution in [2.45, 2.75) is 32.2 Å². The Labute approximate surface area is 112 Å². The van der Waals surface area contributed by atoms with Gasteiger partial charge in [-0.1, -0.05) is 0 Å². The van der Waals surface area contributed by atoms with Gasteiger partial charge in [0.25, 0.3) is 0 Å². The minimum Gasteiger partial charge on any atom is -0.339 e. The number of pyridine rings is 1. The quantitative estimate of drug-likeness (QED) is 0.891. The molecule has 0 bridgehead atoms. The Bertz CT molecular complexity index is 525. The molecule has 5 nitrogen and oxygen atoms in total. The lowest BCUT2D eigenvalue weighted by Crippen LogP contribution is -2.30. The van der Waals surface area contributed by atoms with Gasteiger partial charge in [-0.2, -0.15) is 0 Å². The zero-order chi connectivity index (χ0) is 13.4. The summed E-state index contributed by atoms with van der Waals surface area (Å²) in [6.45, 7) is 2.51. The maximum atomic E-state index is 12.1. The second-order valence-corrected chi connectivity index (χ2v) is 5.39. The van der Waals surface area contributed by atoms with Crippen LogP contribution in [0.3, 0.4) is 0 Å². The van der Waals surface area contributed by atoms with Gasteiger partial charge in [0.2, 0.25) is 11.8 Å². The van der Waals surface area contributed by atoms with E-state index >= 15 is 0 Å². The van der Waals surface area contributed by atoms with Crippen molar-refractivity contribution in [1.82, 2.24) is 9.88 Å². The van der Waals surface area contributed by atoms with Crippen molar-refractivity contribution in [3.05, 3.63) is 23.9 Å². The summed E-state index contributed by atoms with van der Waals surface area (Å²) in [5.74, 6) is 0.326. The molecule has 1 N–H and O–H groups in total. The smallest absolute Gasteiger partial charge is 0.230 e. The zero-order valence-electron chi connectivity index (χ0n) is 10.9. The van der Waals surface area contributed by atoms with Crippen LogP contribution in [0, 0.1) is 12.8 Å². The third-order valence-corrected chi connectivity index (χ3v) is 3.68. The Morgan fingerprint density at radius 1 is 1.47 bits per heavy atom. The molecule has 5 heteroatoms. The fraction of sp³-hybridized carbons (Fsp3) is 0.500. The van der Waals surface area contributed by atoms with E-state index in [4.69, 9.17) is 0 Å². The van der Waals surface area contributed by atoms with Crippen LogP contribution < -0.4 is 5.32 Å². The van der Waals surface area contributed by atoms with Crippen LogP contribution in [-0.4, -0.2) is 34.3 Å². The summed E-state index contributed by atoms with van der Waals surface area (Å²) < 4.78 is 0. The number of nitrogens with one attached hydrogen (secondary N) is 1. The number of likely N-dealkylation sites (tertiary alicyclic amines) is 1. The van der Waals surface area contributed by atoms with Crippen LogP contribution in [0.15, 0.2) is 18.3 Å². The van der Waals surface area contributed by atoms with Crippen LogP contribution in [0.2, 0.25) is 0 Å². The Kier molecular flexibility index (Phi) is 2.97. The van der Waals surface area contributed by atoms with Crippen LogP contribution >= 0.6 is 0 Å². The summed E-state index contributed by atoms with van der Waals surface area (Å²) in [4.78, 5) is 29.9. The molecule has 2 aliphatic rings. The number of nitrogens with zero attached hydrogens (tertiary/aromatic N) is 2. The number of aromatic nitrogens is 1. The van der Waals surface area contributed by atoms with Gasteiger partial charge in [0, 0.05) is 25.2 Å². The largest absolute Gasteiger partial charge is 0.339 e. The fourth-order valence-corrected chi connectivity index (χ4v) is 2.48. The molecule has 1 saturated heterocycles. The van der Waals surface area contributed by atoms with Crippen molar-refractivity contribution in [3.63, 3.8) is 0 Å². The van der Waals surface area contributed by atoms with Gasteiger partial charge in [0.05, 0.1) is 5.92 Å². The Hall–Kier alpha value is -1.91. The molecule has 2 fully saturated rings. The van der Waals surface area contributed by atoms with Gasteiger partial charge in [-0.3, -0.25) is 9.59 Å². The van der Waals surface area contributed by atoms with Gasteiger partial charge in [-0.25, -0.2) is 4.98 Å². The Morgan fingerprint density at radius 2 is 2.26 bits per heavy atom. The molecule has 19 heavy (non-hydrogen) atoms. The average Bonchev–Trinajstić information content (AvgIpc) is 3.12. The maximum Gasteiger partial charge on any atom is 0.230 e. The molecule has 1 aromatic rings. The summed E-state index contributed by atoms with van der Waals surface area (Å²) in [5, 5.41) is 2.80. The highest BCUT2D eigenvalue weighted by molar-refractivity contribution is 5.96. The summed E-state index contributed by atoms with van der Waals surface area (Å²) >= 11 is 0. The number of carbonyl (C=O) groups is 2. The van der Waals surface area contributed by atoms with E-state index in [9.17, 15) is 9.59 Å². The van der Waals surface area contributed by atoms with Crippen LogP contribution in [0.1, 0.15) is 24.8 Å². The predicted octanol–water partition coefficient (Wildman–Crippen LogP) is 1.34. The van der Waals surface area contributed by atoms with Crippen LogP contribution in [0.4, 0.5) is 5.82 Å². The summed E-state index contributed by atoms with van der Waals surface area (Å²) in [6.07, 6.45) is 4.16. The molecular formula is C14H17N3O2. The van der Waals surface area contributed by atoms with E-state index in [1.54, 1.807) is 6.20 Å². The minimum atomic E-state index is -0.240. The first-order valence-corrected chi connectivity index (χ1v) is 6.66. The Morgan fingerprint density at radius 3 is 2.95 bits per heavy atom. The summed E-state index contributed by atoms with van der Waals surface area (Å²) in [6, 6.07) is 4.10. The average molecular weight is 259 g/mol. The van der Waals surface area contributed by atoms with Crippen molar-refractivity contribution in [2.75, 3.05) is 11.9 Å². The van der Waals surface area contributed by atoms with Gasteiger partial charge in [0.15, 0.2) is 0 Å². The molecule has 2 amide bonds. The zero-order valence-corrected chi connectivity index (χ0v) is 10.9. The maximum absolute atomic E-state index is 12.1. The number of rotatable bonds is 3. The SMILES string of the molecule is Cc1ccnc(NC(=O)C2CC(=O)N(C3CC3)C2)c1. The highest BCUT2D eigenvalue weighted by Crippen LogP contribution is 2.32. The number of hydrogen-bond acceptors (Lipinski definition) is 3. The van der Waals surface area contributed by atoms with E-state index in [0.29, 0.717) is 24.8 Å². The summed E-state index contributed by atoms with van der Waals surface area (Å²) in [7, 11) is 0. The molecule has 100 valence electrons.